The maximum absolute atomic E-state index is 2.69. The molecule has 4 heteroatoms. The van der Waals surface area contributed by atoms with Gasteiger partial charge in [0.25, 0.3) is 6.71 Å². The van der Waals surface area contributed by atoms with Crippen LogP contribution in [-0.2, 0) is 10.8 Å². The van der Waals surface area contributed by atoms with Crippen LogP contribution in [0.25, 0.3) is 94.3 Å². The van der Waals surface area contributed by atoms with Crippen LogP contribution in [0.3, 0.4) is 0 Å². The molecule has 2 aliphatic heterocycles. The molecule has 13 aromatic carbocycles. The van der Waals surface area contributed by atoms with Crippen molar-refractivity contribution in [2.45, 2.75) is 52.4 Å². The topological polar surface area (TPSA) is 11.4 Å². The molecule has 0 saturated heterocycles. The largest absolute Gasteiger partial charge is 0.310 e. The summed E-state index contributed by atoms with van der Waals surface area (Å²) < 4.78 is 2.53. The van der Waals surface area contributed by atoms with Gasteiger partial charge in [-0.1, -0.05) is 308 Å². The van der Waals surface area contributed by atoms with E-state index in [9.17, 15) is 0 Å². The summed E-state index contributed by atoms with van der Waals surface area (Å²) in [5, 5.41) is 2.43. The highest BCUT2D eigenvalue weighted by molar-refractivity contribution is 7.00. The van der Waals surface area contributed by atoms with E-state index in [2.05, 4.69) is 359 Å². The van der Waals surface area contributed by atoms with Gasteiger partial charge in [0.15, 0.2) is 0 Å². The molecule has 0 fully saturated rings. The fourth-order valence-corrected chi connectivity index (χ4v) is 14.6. The average Bonchev–Trinajstić information content (AvgIpc) is 0.991. The van der Waals surface area contributed by atoms with Gasteiger partial charge in [-0.3, -0.25) is 0 Å². The fourth-order valence-electron chi connectivity index (χ4n) is 14.6. The predicted octanol–water partition coefficient (Wildman–Crippen LogP) is 21.5. The molecule has 430 valence electrons. The third-order valence-corrected chi connectivity index (χ3v) is 18.9. The summed E-state index contributed by atoms with van der Waals surface area (Å²) in [6, 6.07) is 114. The number of nitrogens with zero attached hydrogens (tertiary/aromatic N) is 3. The van der Waals surface area contributed by atoms with Crippen molar-refractivity contribution in [3.8, 4) is 72.4 Å². The van der Waals surface area contributed by atoms with Gasteiger partial charge in [0, 0.05) is 55.8 Å². The summed E-state index contributed by atoms with van der Waals surface area (Å²) in [5.41, 5.74) is 30.3. The minimum absolute atomic E-state index is 0.0260. The van der Waals surface area contributed by atoms with Crippen molar-refractivity contribution in [1.82, 2.24) is 4.57 Å². The van der Waals surface area contributed by atoms with E-state index in [1.165, 1.54) is 55.0 Å². The molecule has 0 bridgehead atoms. The second kappa shape index (κ2) is 21.6. The number of benzene rings is 13. The average molecular weight is 1150 g/mol. The van der Waals surface area contributed by atoms with Crippen LogP contribution < -0.4 is 26.2 Å². The van der Waals surface area contributed by atoms with E-state index >= 15 is 0 Å². The zero-order chi connectivity index (χ0) is 60.8. The quantitative estimate of drug-likeness (QED) is 0.133. The Kier molecular flexibility index (Phi) is 13.1. The Morgan fingerprint density at radius 1 is 0.278 bits per heavy atom. The first-order valence-electron chi connectivity index (χ1n) is 31.7. The van der Waals surface area contributed by atoms with E-state index in [0.717, 1.165) is 101 Å². The monoisotopic (exact) mass is 1150 g/mol. The summed E-state index contributed by atoms with van der Waals surface area (Å²) in [7, 11) is 0. The molecule has 3 nitrogen and oxygen atoms in total. The standard InChI is InChI=1S/C86H68BN3/c1-85(2,3)64-48-49-66(73(54-64)86(4,5)6)63-47-51-75-79(53-63)90(84-69(60-34-18-10-19-35-60)42-27-43-70(84)61-36-20-11-21-37-61)81-56-65(88-76-44-24-22-38-71(76)72-39-23-25-45-77(72)88)55-80-82(81)87(75)74-50-46-62(57-28-12-7-13-29-57)52-78(74)89(80)83-67(58-30-14-8-15-31-58)40-26-41-68(83)59-32-16-9-17-33-59/h7-56H,1-6H3. The lowest BCUT2D eigenvalue weighted by Gasteiger charge is -2.46. The Morgan fingerprint density at radius 3 is 1.09 bits per heavy atom. The number of aromatic nitrogens is 1. The fraction of sp³-hybridized carbons (Fsp3) is 0.0930. The molecule has 0 atom stereocenters. The van der Waals surface area contributed by atoms with Gasteiger partial charge in [-0.25, -0.2) is 0 Å². The van der Waals surface area contributed by atoms with Crippen molar-refractivity contribution in [3.63, 3.8) is 0 Å². The van der Waals surface area contributed by atoms with Crippen molar-refractivity contribution >= 4 is 79.0 Å². The molecule has 0 amide bonds. The molecule has 14 aromatic rings. The zero-order valence-electron chi connectivity index (χ0n) is 51.8. The van der Waals surface area contributed by atoms with E-state index in [0.29, 0.717) is 0 Å². The molecule has 0 spiro atoms. The number of hydrogen-bond donors (Lipinski definition) is 0. The Balaban J connectivity index is 1.11. The van der Waals surface area contributed by atoms with Gasteiger partial charge in [0.05, 0.1) is 28.1 Å². The summed E-state index contributed by atoms with van der Waals surface area (Å²) in [6.07, 6.45) is 0. The number of anilines is 6. The van der Waals surface area contributed by atoms with Gasteiger partial charge in [0.2, 0.25) is 0 Å². The van der Waals surface area contributed by atoms with Crippen LogP contribution in [0.15, 0.2) is 303 Å². The first-order valence-corrected chi connectivity index (χ1v) is 31.7. The van der Waals surface area contributed by atoms with Crippen LogP contribution in [0.4, 0.5) is 34.1 Å². The van der Waals surface area contributed by atoms with Crippen molar-refractivity contribution in [3.05, 3.63) is 314 Å². The van der Waals surface area contributed by atoms with Crippen LogP contribution in [0, 0.1) is 0 Å². The maximum Gasteiger partial charge on any atom is 0.252 e. The van der Waals surface area contributed by atoms with E-state index < -0.39 is 0 Å². The van der Waals surface area contributed by atoms with E-state index in [1.54, 1.807) is 0 Å². The van der Waals surface area contributed by atoms with Crippen LogP contribution >= 0.6 is 0 Å². The summed E-state index contributed by atoms with van der Waals surface area (Å²) >= 11 is 0. The minimum Gasteiger partial charge on any atom is -0.310 e. The number of para-hydroxylation sites is 4. The molecule has 0 N–H and O–H groups in total. The SMILES string of the molecule is CC(C)(C)c1ccc(-c2ccc3c(c2)N(c2c(-c4ccccc4)cccc2-c2ccccc2)c2cc(-n4c5ccccc5c5ccccc54)cc4c2B3c2ccc(-c3ccccc3)cc2N4c2c(-c3ccccc3)cccc2-c2ccccc2)c(C(C)(C)C)c1. The van der Waals surface area contributed by atoms with Gasteiger partial charge < -0.3 is 14.4 Å². The van der Waals surface area contributed by atoms with Crippen LogP contribution in [0.5, 0.6) is 0 Å². The minimum atomic E-state index is -0.197. The summed E-state index contributed by atoms with van der Waals surface area (Å²) in [5.74, 6) is 0. The molecule has 90 heavy (non-hydrogen) atoms. The number of fused-ring (bicyclic) bond motifs is 7. The van der Waals surface area contributed by atoms with Gasteiger partial charge in [-0.2, -0.15) is 0 Å². The highest BCUT2D eigenvalue weighted by atomic mass is 15.2. The Hall–Kier alpha value is -10.7. The third kappa shape index (κ3) is 9.11. The van der Waals surface area contributed by atoms with Crippen LogP contribution in [0.1, 0.15) is 52.7 Å². The second-order valence-corrected chi connectivity index (χ2v) is 26.4. The lowest BCUT2D eigenvalue weighted by Crippen LogP contribution is -2.61. The lowest BCUT2D eigenvalue weighted by molar-refractivity contribution is 0.570. The third-order valence-electron chi connectivity index (χ3n) is 18.9. The van der Waals surface area contributed by atoms with Crippen LogP contribution in [0.2, 0.25) is 0 Å². The van der Waals surface area contributed by atoms with Gasteiger partial charge in [-0.05, 0) is 119 Å². The molecule has 2 aliphatic rings. The van der Waals surface area contributed by atoms with Gasteiger partial charge in [-0.15, -0.1) is 0 Å². The van der Waals surface area contributed by atoms with Crippen molar-refractivity contribution in [1.29, 1.82) is 0 Å². The highest BCUT2D eigenvalue weighted by Crippen LogP contribution is 2.54. The number of hydrogen-bond acceptors (Lipinski definition) is 2. The Bertz CT molecular complexity index is 4910. The smallest absolute Gasteiger partial charge is 0.252 e. The van der Waals surface area contributed by atoms with Crippen molar-refractivity contribution in [2.24, 2.45) is 0 Å². The van der Waals surface area contributed by atoms with Crippen molar-refractivity contribution < 1.29 is 0 Å². The van der Waals surface area contributed by atoms with E-state index in [1.807, 2.05) is 0 Å². The molecule has 16 rings (SSSR count). The molecule has 3 heterocycles. The summed E-state index contributed by atoms with van der Waals surface area (Å²) in [6.45, 7) is 13.9. The highest BCUT2D eigenvalue weighted by Gasteiger charge is 2.46. The van der Waals surface area contributed by atoms with Crippen LogP contribution in [-0.4, -0.2) is 11.3 Å². The number of rotatable bonds is 9. The molecule has 0 radical (unpaired) electrons. The predicted molar refractivity (Wildman–Crippen MR) is 385 cm³/mol. The maximum atomic E-state index is 2.69. The molecular weight excluding hydrogens is 1090 g/mol. The normalized spacial score (nSPS) is 12.7. The first-order chi connectivity index (χ1) is 44.0. The Labute approximate surface area is 529 Å². The van der Waals surface area contributed by atoms with Crippen molar-refractivity contribution in [2.75, 3.05) is 9.80 Å². The first kappa shape index (κ1) is 54.7. The summed E-state index contributed by atoms with van der Waals surface area (Å²) in [4.78, 5) is 5.36. The molecule has 0 aliphatic carbocycles. The van der Waals surface area contributed by atoms with Gasteiger partial charge in [0.1, 0.15) is 0 Å². The molecule has 0 unspecified atom stereocenters. The second-order valence-electron chi connectivity index (χ2n) is 26.4. The van der Waals surface area contributed by atoms with Gasteiger partial charge >= 0.3 is 0 Å². The molecule has 1 aromatic heterocycles. The lowest BCUT2D eigenvalue weighted by atomic mass is 9.33. The molecule has 0 saturated carbocycles. The van der Waals surface area contributed by atoms with E-state index in [4.69, 9.17) is 0 Å². The molecular formula is C86H68BN3. The van der Waals surface area contributed by atoms with E-state index in [-0.39, 0.29) is 17.5 Å². The Morgan fingerprint density at radius 2 is 0.667 bits per heavy atom. The zero-order valence-corrected chi connectivity index (χ0v) is 51.8.